The fourth-order valence-electron chi connectivity index (χ4n) is 1.91. The van der Waals surface area contributed by atoms with E-state index in [2.05, 4.69) is 0 Å². The standard InChI is InChI=1S/C14H13Cl2NO/c15-11-6-7-13(16)12(8-11)14(18,9-17)10-4-2-1-3-5-10/h1-8,18H,9,17H2. The number of rotatable bonds is 3. The molecule has 0 radical (unpaired) electrons. The van der Waals surface area contributed by atoms with Gasteiger partial charge in [-0.25, -0.2) is 0 Å². The predicted molar refractivity (Wildman–Crippen MR) is 75.0 cm³/mol. The van der Waals surface area contributed by atoms with E-state index in [0.717, 1.165) is 0 Å². The van der Waals surface area contributed by atoms with Crippen molar-refractivity contribution in [3.8, 4) is 0 Å². The van der Waals surface area contributed by atoms with Crippen LogP contribution in [0.15, 0.2) is 48.5 Å². The third-order valence-corrected chi connectivity index (χ3v) is 3.49. The second kappa shape index (κ2) is 5.29. The molecule has 0 saturated heterocycles. The monoisotopic (exact) mass is 281 g/mol. The van der Waals surface area contributed by atoms with Gasteiger partial charge in [-0.1, -0.05) is 53.5 Å². The summed E-state index contributed by atoms with van der Waals surface area (Å²) in [4.78, 5) is 0. The molecule has 1 unspecified atom stereocenters. The van der Waals surface area contributed by atoms with Crippen LogP contribution in [-0.2, 0) is 5.60 Å². The Bertz CT molecular complexity index is 545. The molecule has 0 aromatic heterocycles. The zero-order valence-corrected chi connectivity index (χ0v) is 11.1. The average molecular weight is 282 g/mol. The first-order valence-electron chi connectivity index (χ1n) is 5.51. The summed E-state index contributed by atoms with van der Waals surface area (Å²) in [6.45, 7) is 0.0249. The minimum atomic E-state index is -1.33. The van der Waals surface area contributed by atoms with Gasteiger partial charge in [-0.3, -0.25) is 0 Å². The first-order chi connectivity index (χ1) is 8.58. The molecule has 0 heterocycles. The van der Waals surface area contributed by atoms with Crippen LogP contribution in [0.1, 0.15) is 11.1 Å². The smallest absolute Gasteiger partial charge is 0.128 e. The second-order valence-corrected chi connectivity index (χ2v) is 4.90. The third-order valence-electron chi connectivity index (χ3n) is 2.92. The fraction of sp³-hybridized carbons (Fsp3) is 0.143. The molecule has 2 nitrogen and oxygen atoms in total. The van der Waals surface area contributed by atoms with Gasteiger partial charge in [0.05, 0.1) is 0 Å². The van der Waals surface area contributed by atoms with Crippen LogP contribution in [0.5, 0.6) is 0 Å². The summed E-state index contributed by atoms with van der Waals surface area (Å²) < 4.78 is 0. The maximum absolute atomic E-state index is 10.8. The van der Waals surface area contributed by atoms with Crippen molar-refractivity contribution in [1.82, 2.24) is 0 Å². The third kappa shape index (κ3) is 2.38. The van der Waals surface area contributed by atoms with Crippen LogP contribution in [0.3, 0.4) is 0 Å². The SMILES string of the molecule is NCC(O)(c1ccccc1)c1cc(Cl)ccc1Cl. The number of hydrogen-bond acceptors (Lipinski definition) is 2. The minimum absolute atomic E-state index is 0.0249. The molecule has 3 N–H and O–H groups in total. The Morgan fingerprint density at radius 3 is 2.33 bits per heavy atom. The van der Waals surface area contributed by atoms with E-state index in [1.165, 1.54) is 0 Å². The van der Waals surface area contributed by atoms with Crippen molar-refractivity contribution in [3.05, 3.63) is 69.7 Å². The van der Waals surface area contributed by atoms with Crippen LogP contribution in [0.4, 0.5) is 0 Å². The lowest BCUT2D eigenvalue weighted by Crippen LogP contribution is -2.36. The van der Waals surface area contributed by atoms with Crippen molar-refractivity contribution in [2.45, 2.75) is 5.60 Å². The lowest BCUT2D eigenvalue weighted by atomic mass is 9.86. The molecule has 2 rings (SSSR count). The summed E-state index contributed by atoms with van der Waals surface area (Å²) in [6, 6.07) is 14.2. The largest absolute Gasteiger partial charge is 0.379 e. The van der Waals surface area contributed by atoms with Crippen molar-refractivity contribution in [1.29, 1.82) is 0 Å². The maximum atomic E-state index is 10.8. The van der Waals surface area contributed by atoms with Crippen molar-refractivity contribution in [3.63, 3.8) is 0 Å². The highest BCUT2D eigenvalue weighted by Crippen LogP contribution is 2.35. The molecule has 2 aromatic rings. The quantitative estimate of drug-likeness (QED) is 0.908. The lowest BCUT2D eigenvalue weighted by Gasteiger charge is -2.28. The van der Waals surface area contributed by atoms with Gasteiger partial charge in [0, 0.05) is 22.2 Å². The summed E-state index contributed by atoms with van der Waals surface area (Å²) in [5, 5.41) is 11.8. The van der Waals surface area contributed by atoms with Crippen LogP contribution in [0.25, 0.3) is 0 Å². The normalized spacial score (nSPS) is 14.2. The van der Waals surface area contributed by atoms with Gasteiger partial charge in [0.15, 0.2) is 0 Å². The maximum Gasteiger partial charge on any atom is 0.128 e. The van der Waals surface area contributed by atoms with Gasteiger partial charge in [-0.2, -0.15) is 0 Å². The summed E-state index contributed by atoms with van der Waals surface area (Å²) in [5.74, 6) is 0. The van der Waals surface area contributed by atoms with Crippen LogP contribution >= 0.6 is 23.2 Å². The number of halogens is 2. The molecule has 4 heteroatoms. The van der Waals surface area contributed by atoms with Crippen LogP contribution in [0, 0.1) is 0 Å². The van der Waals surface area contributed by atoms with Crippen molar-refractivity contribution >= 4 is 23.2 Å². The minimum Gasteiger partial charge on any atom is -0.379 e. The first kappa shape index (κ1) is 13.4. The summed E-state index contributed by atoms with van der Waals surface area (Å²) in [5.41, 5.74) is 5.62. The van der Waals surface area contributed by atoms with Gasteiger partial charge < -0.3 is 10.8 Å². The molecule has 0 aliphatic rings. The number of hydrogen-bond donors (Lipinski definition) is 2. The number of nitrogens with two attached hydrogens (primary N) is 1. The predicted octanol–water partition coefficient (Wildman–Crippen LogP) is 3.19. The first-order valence-corrected chi connectivity index (χ1v) is 6.27. The van der Waals surface area contributed by atoms with Crippen molar-refractivity contribution in [2.75, 3.05) is 6.54 Å². The highest BCUT2D eigenvalue weighted by Gasteiger charge is 2.32. The van der Waals surface area contributed by atoms with Crippen LogP contribution < -0.4 is 5.73 Å². The molecule has 0 bridgehead atoms. The average Bonchev–Trinajstić information content (AvgIpc) is 2.41. The molecule has 0 fully saturated rings. The number of benzene rings is 2. The van der Waals surface area contributed by atoms with Gasteiger partial charge in [0.2, 0.25) is 0 Å². The van der Waals surface area contributed by atoms with Crippen LogP contribution in [0.2, 0.25) is 10.0 Å². The summed E-state index contributed by atoms with van der Waals surface area (Å²) in [6.07, 6.45) is 0. The molecule has 0 saturated carbocycles. The Morgan fingerprint density at radius 1 is 1.06 bits per heavy atom. The molecule has 0 amide bonds. The zero-order valence-electron chi connectivity index (χ0n) is 9.61. The molecular formula is C14H13Cl2NO. The van der Waals surface area contributed by atoms with Gasteiger partial charge in [0.1, 0.15) is 5.60 Å². The van der Waals surface area contributed by atoms with Gasteiger partial charge in [-0.05, 0) is 23.8 Å². The Morgan fingerprint density at radius 2 is 1.72 bits per heavy atom. The summed E-state index contributed by atoms with van der Waals surface area (Å²) in [7, 11) is 0. The Hall–Kier alpha value is -1.06. The molecule has 18 heavy (non-hydrogen) atoms. The topological polar surface area (TPSA) is 46.2 Å². The van der Waals surface area contributed by atoms with Gasteiger partial charge >= 0.3 is 0 Å². The van der Waals surface area contributed by atoms with E-state index in [9.17, 15) is 5.11 Å². The lowest BCUT2D eigenvalue weighted by molar-refractivity contribution is 0.0903. The van der Waals surface area contributed by atoms with E-state index >= 15 is 0 Å². The zero-order chi connectivity index (χ0) is 13.2. The Kier molecular flexibility index (Phi) is 3.93. The van der Waals surface area contributed by atoms with Crippen molar-refractivity contribution < 1.29 is 5.11 Å². The Labute approximate surface area is 116 Å². The van der Waals surface area contributed by atoms with E-state index < -0.39 is 5.60 Å². The van der Waals surface area contributed by atoms with E-state index in [1.807, 2.05) is 30.3 Å². The van der Waals surface area contributed by atoms with E-state index in [1.54, 1.807) is 18.2 Å². The molecule has 0 aliphatic carbocycles. The van der Waals surface area contributed by atoms with E-state index in [0.29, 0.717) is 21.2 Å². The van der Waals surface area contributed by atoms with Crippen molar-refractivity contribution in [2.24, 2.45) is 5.73 Å². The highest BCUT2D eigenvalue weighted by atomic mass is 35.5. The molecule has 0 spiro atoms. The van der Waals surface area contributed by atoms with Gasteiger partial charge in [0.25, 0.3) is 0 Å². The fourth-order valence-corrected chi connectivity index (χ4v) is 2.36. The molecule has 1 atom stereocenters. The highest BCUT2D eigenvalue weighted by molar-refractivity contribution is 6.33. The van der Waals surface area contributed by atoms with E-state index in [4.69, 9.17) is 28.9 Å². The molecular weight excluding hydrogens is 269 g/mol. The second-order valence-electron chi connectivity index (χ2n) is 4.05. The van der Waals surface area contributed by atoms with E-state index in [-0.39, 0.29) is 6.54 Å². The van der Waals surface area contributed by atoms with Gasteiger partial charge in [-0.15, -0.1) is 0 Å². The Balaban J connectivity index is 2.60. The molecule has 94 valence electrons. The van der Waals surface area contributed by atoms with Crippen LogP contribution in [-0.4, -0.2) is 11.7 Å². The number of aliphatic hydroxyl groups is 1. The summed E-state index contributed by atoms with van der Waals surface area (Å²) >= 11 is 12.1. The molecule has 2 aromatic carbocycles. The molecule has 0 aliphatic heterocycles.